The first kappa shape index (κ1) is 10.4. The third kappa shape index (κ3) is 1.93. The lowest BCUT2D eigenvalue weighted by Crippen LogP contribution is -2.12. The van der Waals surface area contributed by atoms with Gasteiger partial charge in [0.05, 0.1) is 0 Å². The van der Waals surface area contributed by atoms with E-state index in [9.17, 15) is 4.79 Å². The van der Waals surface area contributed by atoms with Crippen molar-refractivity contribution in [1.82, 2.24) is 10.1 Å². The number of rotatable bonds is 2. The van der Waals surface area contributed by atoms with Crippen molar-refractivity contribution in [2.75, 3.05) is 5.32 Å². The molecular formula is C11H11N3O2. The van der Waals surface area contributed by atoms with Gasteiger partial charge in [-0.15, -0.1) is 0 Å². The highest BCUT2D eigenvalue weighted by atomic mass is 16.5. The second-order valence-corrected chi connectivity index (χ2v) is 3.39. The number of nitrogens with zero attached hydrogens (tertiary/aromatic N) is 2. The van der Waals surface area contributed by atoms with Crippen LogP contribution in [0.15, 0.2) is 29.0 Å². The summed E-state index contributed by atoms with van der Waals surface area (Å²) in [7, 11) is 0. The second-order valence-electron chi connectivity index (χ2n) is 3.39. The maximum Gasteiger partial charge on any atom is 0.255 e. The van der Waals surface area contributed by atoms with E-state index in [0.29, 0.717) is 22.7 Å². The molecule has 0 spiro atoms. The van der Waals surface area contributed by atoms with Crippen LogP contribution in [0.25, 0.3) is 0 Å². The smallest absolute Gasteiger partial charge is 0.255 e. The van der Waals surface area contributed by atoms with Gasteiger partial charge in [0, 0.05) is 18.0 Å². The minimum atomic E-state index is -0.197. The van der Waals surface area contributed by atoms with Gasteiger partial charge in [-0.1, -0.05) is 5.16 Å². The van der Waals surface area contributed by atoms with Gasteiger partial charge in [0.25, 0.3) is 5.91 Å². The van der Waals surface area contributed by atoms with Gasteiger partial charge in [0.2, 0.25) is 0 Å². The fourth-order valence-corrected chi connectivity index (χ4v) is 1.35. The van der Waals surface area contributed by atoms with Crippen LogP contribution in [0.4, 0.5) is 5.69 Å². The van der Waals surface area contributed by atoms with Crippen molar-refractivity contribution < 1.29 is 9.32 Å². The maximum atomic E-state index is 11.8. The second kappa shape index (κ2) is 4.14. The van der Waals surface area contributed by atoms with Gasteiger partial charge >= 0.3 is 0 Å². The highest BCUT2D eigenvalue weighted by molar-refractivity contribution is 6.04. The highest BCUT2D eigenvalue weighted by Gasteiger charge is 2.13. The van der Waals surface area contributed by atoms with Crippen molar-refractivity contribution in [2.24, 2.45) is 0 Å². The monoisotopic (exact) mass is 217 g/mol. The molecule has 2 aromatic heterocycles. The van der Waals surface area contributed by atoms with E-state index < -0.39 is 0 Å². The van der Waals surface area contributed by atoms with Crippen molar-refractivity contribution in [1.29, 1.82) is 0 Å². The zero-order chi connectivity index (χ0) is 11.5. The van der Waals surface area contributed by atoms with E-state index in [1.54, 1.807) is 38.4 Å². The molecule has 0 aliphatic rings. The molecule has 1 amide bonds. The first-order valence-electron chi connectivity index (χ1n) is 4.82. The molecule has 82 valence electrons. The fraction of sp³-hybridized carbons (Fsp3) is 0.182. The molecule has 5 nitrogen and oxygen atoms in total. The van der Waals surface area contributed by atoms with E-state index in [1.807, 2.05) is 0 Å². The first-order valence-corrected chi connectivity index (χ1v) is 4.82. The molecule has 0 aromatic carbocycles. The number of aromatic nitrogens is 2. The van der Waals surface area contributed by atoms with Gasteiger partial charge in [-0.3, -0.25) is 9.78 Å². The summed E-state index contributed by atoms with van der Waals surface area (Å²) in [6.07, 6.45) is 3.14. The zero-order valence-corrected chi connectivity index (χ0v) is 9.02. The predicted molar refractivity (Wildman–Crippen MR) is 58.2 cm³/mol. The third-order valence-electron chi connectivity index (χ3n) is 2.21. The normalized spacial score (nSPS) is 10.1. The number of carbonyl (C=O) groups is 1. The molecule has 0 radical (unpaired) electrons. The average molecular weight is 217 g/mol. The zero-order valence-electron chi connectivity index (χ0n) is 9.02. The Bertz CT molecular complexity index is 486. The molecule has 5 heteroatoms. The molecule has 2 aromatic rings. The van der Waals surface area contributed by atoms with Crippen LogP contribution in [0.1, 0.15) is 21.8 Å². The Balaban J connectivity index is 2.21. The van der Waals surface area contributed by atoms with Crippen LogP contribution in [0.2, 0.25) is 0 Å². The molecule has 0 fully saturated rings. The topological polar surface area (TPSA) is 68.0 Å². The summed E-state index contributed by atoms with van der Waals surface area (Å²) >= 11 is 0. The number of hydrogen-bond donors (Lipinski definition) is 1. The van der Waals surface area contributed by atoms with Crippen molar-refractivity contribution in [2.45, 2.75) is 13.8 Å². The number of anilines is 1. The van der Waals surface area contributed by atoms with Crippen LogP contribution < -0.4 is 5.32 Å². The van der Waals surface area contributed by atoms with E-state index in [2.05, 4.69) is 15.5 Å². The molecule has 0 aliphatic carbocycles. The summed E-state index contributed by atoms with van der Waals surface area (Å²) < 4.78 is 4.95. The number of pyridine rings is 1. The first-order chi connectivity index (χ1) is 7.68. The Kier molecular flexibility index (Phi) is 2.68. The average Bonchev–Trinajstić information content (AvgIpc) is 2.62. The van der Waals surface area contributed by atoms with Crippen molar-refractivity contribution >= 4 is 11.6 Å². The molecule has 0 saturated carbocycles. The van der Waals surface area contributed by atoms with E-state index in [-0.39, 0.29) is 5.91 Å². The Hall–Kier alpha value is -2.17. The molecule has 2 rings (SSSR count). The Labute approximate surface area is 92.5 Å². The summed E-state index contributed by atoms with van der Waals surface area (Å²) in [5, 5.41) is 6.51. The lowest BCUT2D eigenvalue weighted by atomic mass is 10.2. The Morgan fingerprint density at radius 2 is 2.00 bits per heavy atom. The van der Waals surface area contributed by atoms with Crippen molar-refractivity contribution in [3.05, 3.63) is 41.5 Å². The summed E-state index contributed by atoms with van der Waals surface area (Å²) in [5.41, 5.74) is 1.84. The van der Waals surface area contributed by atoms with Crippen LogP contribution in [0.3, 0.4) is 0 Å². The fourth-order valence-electron chi connectivity index (χ4n) is 1.35. The molecular weight excluding hydrogens is 206 g/mol. The molecule has 0 atom stereocenters. The maximum absolute atomic E-state index is 11.8. The summed E-state index contributed by atoms with van der Waals surface area (Å²) in [4.78, 5) is 15.7. The minimum absolute atomic E-state index is 0.197. The summed E-state index contributed by atoms with van der Waals surface area (Å²) in [6.45, 7) is 3.53. The standard InChI is InChI=1S/C11H11N3O2/c1-7-10(8(2)16-14-7)13-11(15)9-3-5-12-6-4-9/h3-6H,1-2H3,(H,13,15). The van der Waals surface area contributed by atoms with E-state index in [4.69, 9.17) is 4.52 Å². The van der Waals surface area contributed by atoms with Gasteiger partial charge in [-0.25, -0.2) is 0 Å². The lowest BCUT2D eigenvalue weighted by Gasteiger charge is -2.03. The summed E-state index contributed by atoms with van der Waals surface area (Å²) in [5.74, 6) is 0.400. The SMILES string of the molecule is Cc1noc(C)c1NC(=O)c1ccncc1. The molecule has 0 bridgehead atoms. The van der Waals surface area contributed by atoms with Crippen molar-refractivity contribution in [3.63, 3.8) is 0 Å². The molecule has 16 heavy (non-hydrogen) atoms. The Morgan fingerprint density at radius 1 is 1.31 bits per heavy atom. The molecule has 1 N–H and O–H groups in total. The number of aryl methyl sites for hydroxylation is 2. The molecule has 0 unspecified atom stereocenters. The van der Waals surface area contributed by atoms with Crippen LogP contribution >= 0.6 is 0 Å². The van der Waals surface area contributed by atoms with Crippen LogP contribution in [0.5, 0.6) is 0 Å². The summed E-state index contributed by atoms with van der Waals surface area (Å²) in [6, 6.07) is 3.29. The number of nitrogens with one attached hydrogen (secondary N) is 1. The van der Waals surface area contributed by atoms with Gasteiger partial charge in [-0.05, 0) is 26.0 Å². The molecule has 0 aliphatic heterocycles. The van der Waals surface area contributed by atoms with Gasteiger partial charge < -0.3 is 9.84 Å². The largest absolute Gasteiger partial charge is 0.359 e. The van der Waals surface area contributed by atoms with Crippen LogP contribution in [0, 0.1) is 13.8 Å². The Morgan fingerprint density at radius 3 is 2.56 bits per heavy atom. The number of carbonyl (C=O) groups excluding carboxylic acids is 1. The van der Waals surface area contributed by atoms with E-state index in [1.165, 1.54) is 0 Å². The minimum Gasteiger partial charge on any atom is -0.359 e. The third-order valence-corrected chi connectivity index (χ3v) is 2.21. The van der Waals surface area contributed by atoms with E-state index >= 15 is 0 Å². The van der Waals surface area contributed by atoms with Crippen LogP contribution in [-0.2, 0) is 0 Å². The van der Waals surface area contributed by atoms with Crippen molar-refractivity contribution in [3.8, 4) is 0 Å². The number of hydrogen-bond acceptors (Lipinski definition) is 4. The van der Waals surface area contributed by atoms with Gasteiger partial charge in [0.1, 0.15) is 11.4 Å². The molecule has 0 saturated heterocycles. The quantitative estimate of drug-likeness (QED) is 0.834. The van der Waals surface area contributed by atoms with E-state index in [0.717, 1.165) is 0 Å². The molecule has 2 heterocycles. The predicted octanol–water partition coefficient (Wildman–Crippen LogP) is 1.94. The highest BCUT2D eigenvalue weighted by Crippen LogP contribution is 2.19. The van der Waals surface area contributed by atoms with Gasteiger partial charge in [-0.2, -0.15) is 0 Å². The van der Waals surface area contributed by atoms with Crippen LogP contribution in [-0.4, -0.2) is 16.0 Å². The van der Waals surface area contributed by atoms with Gasteiger partial charge in [0.15, 0.2) is 5.76 Å². The number of amides is 1. The lowest BCUT2D eigenvalue weighted by molar-refractivity contribution is 0.102.